The van der Waals surface area contributed by atoms with Gasteiger partial charge in [0.05, 0.1) is 6.61 Å². The van der Waals surface area contributed by atoms with E-state index in [0.717, 1.165) is 19.3 Å². The number of carbonyl (C=O) groups excluding carboxylic acids is 1. The summed E-state index contributed by atoms with van der Waals surface area (Å²) >= 11 is 0. The van der Waals surface area contributed by atoms with Crippen LogP contribution in [0.4, 0.5) is 0 Å². The minimum Gasteiger partial charge on any atom is -0.383 e. The van der Waals surface area contributed by atoms with Crippen LogP contribution >= 0.6 is 0 Å². The number of hydrogen-bond acceptors (Lipinski definition) is 3. The molecule has 2 unspecified atom stereocenters. The quantitative estimate of drug-likeness (QED) is 0.656. The van der Waals surface area contributed by atoms with Gasteiger partial charge in [-0.15, -0.1) is 0 Å². The average Bonchev–Trinajstić information content (AvgIpc) is 2.29. The molecule has 0 saturated heterocycles. The molecule has 0 spiro atoms. The molecule has 4 nitrogen and oxygen atoms in total. The van der Waals surface area contributed by atoms with E-state index in [1.54, 1.807) is 7.11 Å². The van der Waals surface area contributed by atoms with Crippen molar-refractivity contribution in [3.05, 3.63) is 0 Å². The molecule has 1 aliphatic carbocycles. The van der Waals surface area contributed by atoms with Crippen LogP contribution in [0.1, 0.15) is 25.7 Å². The molecule has 2 atom stereocenters. The lowest BCUT2D eigenvalue weighted by atomic mass is 9.79. The zero-order chi connectivity index (χ0) is 11.1. The van der Waals surface area contributed by atoms with Gasteiger partial charge in [-0.05, 0) is 25.3 Å². The van der Waals surface area contributed by atoms with Gasteiger partial charge in [0.2, 0.25) is 5.91 Å². The smallest absolute Gasteiger partial charge is 0.223 e. The molecule has 0 aliphatic heterocycles. The predicted molar refractivity (Wildman–Crippen MR) is 59.4 cm³/mol. The van der Waals surface area contributed by atoms with Crippen LogP contribution in [0.25, 0.3) is 0 Å². The van der Waals surface area contributed by atoms with E-state index in [4.69, 9.17) is 10.5 Å². The molecule has 3 N–H and O–H groups in total. The Morgan fingerprint density at radius 1 is 1.47 bits per heavy atom. The molecule has 0 radical (unpaired) electrons. The van der Waals surface area contributed by atoms with Crippen molar-refractivity contribution in [2.75, 3.05) is 26.8 Å². The van der Waals surface area contributed by atoms with Crippen molar-refractivity contribution in [1.82, 2.24) is 5.32 Å². The van der Waals surface area contributed by atoms with Gasteiger partial charge in [0.15, 0.2) is 0 Å². The highest BCUT2D eigenvalue weighted by Gasteiger charge is 2.29. The maximum atomic E-state index is 11.8. The van der Waals surface area contributed by atoms with Gasteiger partial charge in [-0.25, -0.2) is 0 Å². The zero-order valence-electron chi connectivity index (χ0n) is 9.50. The number of nitrogens with two attached hydrogens (primary N) is 1. The molecular formula is C11H22N2O2. The van der Waals surface area contributed by atoms with E-state index in [2.05, 4.69) is 5.32 Å². The lowest BCUT2D eigenvalue weighted by Gasteiger charge is -2.29. The summed E-state index contributed by atoms with van der Waals surface area (Å²) in [5, 5.41) is 2.90. The number of hydrogen-bond donors (Lipinski definition) is 2. The van der Waals surface area contributed by atoms with E-state index in [-0.39, 0.29) is 11.8 Å². The Bertz CT molecular complexity index is 197. The van der Waals surface area contributed by atoms with Crippen LogP contribution < -0.4 is 11.1 Å². The second-order valence-corrected chi connectivity index (χ2v) is 4.17. The third-order valence-electron chi connectivity index (χ3n) is 3.15. The second kappa shape index (κ2) is 6.80. The summed E-state index contributed by atoms with van der Waals surface area (Å²) in [6.07, 6.45) is 4.45. The number of carbonyl (C=O) groups is 1. The Labute approximate surface area is 91.5 Å². The topological polar surface area (TPSA) is 64.3 Å². The molecule has 1 rings (SSSR count). The van der Waals surface area contributed by atoms with Crippen molar-refractivity contribution in [2.45, 2.75) is 25.7 Å². The normalized spacial score (nSPS) is 26.3. The molecule has 1 saturated carbocycles. The number of amides is 1. The Morgan fingerprint density at radius 3 is 2.87 bits per heavy atom. The van der Waals surface area contributed by atoms with Gasteiger partial charge in [-0.3, -0.25) is 4.79 Å². The van der Waals surface area contributed by atoms with Crippen LogP contribution in [0.2, 0.25) is 0 Å². The highest BCUT2D eigenvalue weighted by Crippen LogP contribution is 2.29. The highest BCUT2D eigenvalue weighted by molar-refractivity contribution is 5.79. The third kappa shape index (κ3) is 3.80. The minimum absolute atomic E-state index is 0.126. The summed E-state index contributed by atoms with van der Waals surface area (Å²) in [7, 11) is 1.63. The number of methoxy groups -OCH3 is 1. The van der Waals surface area contributed by atoms with E-state index in [0.29, 0.717) is 25.6 Å². The van der Waals surface area contributed by atoms with Gasteiger partial charge in [-0.2, -0.15) is 0 Å². The molecule has 1 amide bonds. The highest BCUT2D eigenvalue weighted by atomic mass is 16.5. The van der Waals surface area contributed by atoms with Crippen molar-refractivity contribution >= 4 is 5.91 Å². The van der Waals surface area contributed by atoms with Crippen LogP contribution in [0.15, 0.2) is 0 Å². The van der Waals surface area contributed by atoms with Crippen LogP contribution in [0.5, 0.6) is 0 Å². The van der Waals surface area contributed by atoms with Crippen molar-refractivity contribution in [3.8, 4) is 0 Å². The van der Waals surface area contributed by atoms with Gasteiger partial charge in [-0.1, -0.05) is 12.8 Å². The summed E-state index contributed by atoms with van der Waals surface area (Å²) in [4.78, 5) is 11.8. The van der Waals surface area contributed by atoms with Gasteiger partial charge in [0, 0.05) is 19.6 Å². The van der Waals surface area contributed by atoms with Crippen LogP contribution in [-0.4, -0.2) is 32.7 Å². The average molecular weight is 214 g/mol. The van der Waals surface area contributed by atoms with Crippen LogP contribution in [0.3, 0.4) is 0 Å². The minimum atomic E-state index is 0.126. The van der Waals surface area contributed by atoms with Gasteiger partial charge in [0.1, 0.15) is 0 Å². The molecule has 1 fully saturated rings. The lowest BCUT2D eigenvalue weighted by molar-refractivity contribution is -0.127. The summed E-state index contributed by atoms with van der Waals surface area (Å²) < 4.78 is 4.89. The molecule has 0 aromatic rings. The SMILES string of the molecule is COCCNC(=O)C1CCCCC1CN. The molecule has 88 valence electrons. The van der Waals surface area contributed by atoms with Gasteiger partial charge in [0.25, 0.3) is 0 Å². The van der Waals surface area contributed by atoms with E-state index in [9.17, 15) is 4.79 Å². The molecule has 0 bridgehead atoms. The van der Waals surface area contributed by atoms with E-state index < -0.39 is 0 Å². The fraction of sp³-hybridized carbons (Fsp3) is 0.909. The van der Waals surface area contributed by atoms with E-state index in [1.165, 1.54) is 6.42 Å². The fourth-order valence-corrected chi connectivity index (χ4v) is 2.24. The second-order valence-electron chi connectivity index (χ2n) is 4.17. The van der Waals surface area contributed by atoms with Crippen molar-refractivity contribution < 1.29 is 9.53 Å². The summed E-state index contributed by atoms with van der Waals surface area (Å²) in [5.74, 6) is 0.657. The fourth-order valence-electron chi connectivity index (χ4n) is 2.24. The molecule has 4 heteroatoms. The van der Waals surface area contributed by atoms with Gasteiger partial charge >= 0.3 is 0 Å². The maximum absolute atomic E-state index is 11.8. The van der Waals surface area contributed by atoms with Crippen molar-refractivity contribution in [2.24, 2.45) is 17.6 Å². The maximum Gasteiger partial charge on any atom is 0.223 e. The summed E-state index contributed by atoms with van der Waals surface area (Å²) in [5.41, 5.74) is 5.68. The van der Waals surface area contributed by atoms with Crippen molar-refractivity contribution in [1.29, 1.82) is 0 Å². The first kappa shape index (κ1) is 12.5. The number of ether oxygens (including phenoxy) is 1. The predicted octanol–water partition coefficient (Wildman–Crippen LogP) is 0.514. The Balaban J connectivity index is 2.34. The first-order valence-electron chi connectivity index (χ1n) is 5.76. The number of rotatable bonds is 5. The standard InChI is InChI=1S/C11H22N2O2/c1-15-7-6-13-11(14)10-5-3-2-4-9(10)8-12/h9-10H,2-8,12H2,1H3,(H,13,14). The van der Waals surface area contributed by atoms with Crippen LogP contribution in [0, 0.1) is 11.8 Å². The lowest BCUT2D eigenvalue weighted by Crippen LogP contribution is -2.40. The van der Waals surface area contributed by atoms with E-state index in [1.807, 2.05) is 0 Å². The summed E-state index contributed by atoms with van der Waals surface area (Å²) in [6, 6.07) is 0. The Kier molecular flexibility index (Phi) is 5.65. The Hall–Kier alpha value is -0.610. The molecule has 0 aromatic carbocycles. The van der Waals surface area contributed by atoms with E-state index >= 15 is 0 Å². The molecule has 15 heavy (non-hydrogen) atoms. The molecule has 0 heterocycles. The molecule has 1 aliphatic rings. The monoisotopic (exact) mass is 214 g/mol. The third-order valence-corrected chi connectivity index (χ3v) is 3.15. The first-order valence-corrected chi connectivity index (χ1v) is 5.76. The summed E-state index contributed by atoms with van der Waals surface area (Å²) in [6.45, 7) is 1.80. The van der Waals surface area contributed by atoms with Crippen LogP contribution in [-0.2, 0) is 9.53 Å². The molecule has 0 aromatic heterocycles. The number of nitrogens with one attached hydrogen (secondary N) is 1. The van der Waals surface area contributed by atoms with Crippen molar-refractivity contribution in [3.63, 3.8) is 0 Å². The first-order chi connectivity index (χ1) is 7.29. The Morgan fingerprint density at radius 2 is 2.20 bits per heavy atom. The zero-order valence-corrected chi connectivity index (χ0v) is 9.50. The largest absolute Gasteiger partial charge is 0.383 e. The molecular weight excluding hydrogens is 192 g/mol. The van der Waals surface area contributed by atoms with Gasteiger partial charge < -0.3 is 15.8 Å².